The predicted octanol–water partition coefficient (Wildman–Crippen LogP) is 8.49. The number of nitrogens with zero attached hydrogens (tertiary/aromatic N) is 2. The van der Waals surface area contributed by atoms with E-state index in [4.69, 9.17) is 18.9 Å². The Morgan fingerprint density at radius 2 is 0.957 bits per heavy atom. The van der Waals surface area contributed by atoms with E-state index >= 15 is 0 Å². The summed E-state index contributed by atoms with van der Waals surface area (Å²) < 4.78 is 20.9. The second kappa shape index (κ2) is 11.9. The standard InChI is InChI=1S/C35H32N2O10/c1-33(2,3)46-31(38)44-29-17-15-21(19-27(29)36(40)41)35(25-13-9-7-11-23(25)24-12-8-10-14-26(24)35)22-16-18-30(28(20-22)37(42)43)45-32(39)47-34(4,5)6/h7-20H,1-6H3. The molecule has 0 unspecified atom stereocenters. The van der Waals surface area contributed by atoms with E-state index in [-0.39, 0.29) is 11.5 Å². The fourth-order valence-corrected chi connectivity index (χ4v) is 5.70. The number of hydrogen-bond acceptors (Lipinski definition) is 10. The summed E-state index contributed by atoms with van der Waals surface area (Å²) in [6, 6.07) is 23.1. The van der Waals surface area contributed by atoms with E-state index in [0.717, 1.165) is 11.1 Å². The third kappa shape index (κ3) is 6.35. The lowest BCUT2D eigenvalue weighted by molar-refractivity contribution is -0.385. The lowest BCUT2D eigenvalue weighted by atomic mass is 9.67. The van der Waals surface area contributed by atoms with E-state index in [1.807, 2.05) is 48.5 Å². The van der Waals surface area contributed by atoms with Gasteiger partial charge in [-0.15, -0.1) is 0 Å². The van der Waals surface area contributed by atoms with Gasteiger partial charge in [0.25, 0.3) is 0 Å². The van der Waals surface area contributed by atoms with Crippen LogP contribution in [0.3, 0.4) is 0 Å². The van der Waals surface area contributed by atoms with Gasteiger partial charge >= 0.3 is 23.7 Å². The van der Waals surface area contributed by atoms with Crippen molar-refractivity contribution >= 4 is 23.7 Å². The average Bonchev–Trinajstić information content (AvgIpc) is 3.26. The Morgan fingerprint density at radius 1 is 0.596 bits per heavy atom. The molecule has 1 aliphatic carbocycles. The van der Waals surface area contributed by atoms with Gasteiger partial charge in [-0.25, -0.2) is 9.59 Å². The molecule has 0 atom stereocenters. The molecule has 47 heavy (non-hydrogen) atoms. The molecule has 4 aromatic carbocycles. The van der Waals surface area contributed by atoms with E-state index in [2.05, 4.69) is 0 Å². The Kier molecular flexibility index (Phi) is 8.23. The van der Waals surface area contributed by atoms with Crippen LogP contribution in [-0.4, -0.2) is 33.4 Å². The second-order valence-electron chi connectivity index (χ2n) is 12.9. The largest absolute Gasteiger partial charge is 0.514 e. The topological polar surface area (TPSA) is 157 Å². The summed E-state index contributed by atoms with van der Waals surface area (Å²) >= 11 is 0. The summed E-state index contributed by atoms with van der Waals surface area (Å²) in [5.74, 6) is -0.676. The molecule has 0 saturated carbocycles. The molecule has 0 aliphatic heterocycles. The van der Waals surface area contributed by atoms with E-state index in [1.165, 1.54) is 24.3 Å². The van der Waals surface area contributed by atoms with Crippen LogP contribution in [0.2, 0.25) is 0 Å². The third-order valence-corrected chi connectivity index (χ3v) is 7.30. The average molecular weight is 641 g/mol. The maximum atomic E-state index is 12.5. The lowest BCUT2D eigenvalue weighted by Crippen LogP contribution is -2.29. The van der Waals surface area contributed by atoms with Crippen molar-refractivity contribution in [2.75, 3.05) is 0 Å². The molecule has 0 N–H and O–H groups in total. The second-order valence-corrected chi connectivity index (χ2v) is 12.9. The highest BCUT2D eigenvalue weighted by atomic mass is 16.7. The van der Waals surface area contributed by atoms with E-state index in [1.54, 1.807) is 53.7 Å². The Morgan fingerprint density at radius 3 is 1.30 bits per heavy atom. The van der Waals surface area contributed by atoms with Gasteiger partial charge in [0.2, 0.25) is 11.5 Å². The van der Waals surface area contributed by atoms with Gasteiger partial charge in [-0.3, -0.25) is 20.2 Å². The summed E-state index contributed by atoms with van der Waals surface area (Å²) in [6.07, 6.45) is -2.23. The maximum absolute atomic E-state index is 12.5. The molecule has 12 nitrogen and oxygen atoms in total. The minimum atomic E-state index is -1.32. The molecular weight excluding hydrogens is 608 g/mol. The fourth-order valence-electron chi connectivity index (χ4n) is 5.70. The van der Waals surface area contributed by atoms with Crippen molar-refractivity contribution in [2.45, 2.75) is 58.2 Å². The van der Waals surface area contributed by atoms with Crippen molar-refractivity contribution in [3.63, 3.8) is 0 Å². The van der Waals surface area contributed by atoms with Crippen molar-refractivity contribution in [1.29, 1.82) is 0 Å². The highest BCUT2D eigenvalue weighted by Crippen LogP contribution is 2.57. The third-order valence-electron chi connectivity index (χ3n) is 7.30. The minimum absolute atomic E-state index is 0.338. The zero-order valence-electron chi connectivity index (χ0n) is 26.6. The van der Waals surface area contributed by atoms with Gasteiger partial charge in [0.1, 0.15) is 11.2 Å². The van der Waals surface area contributed by atoms with Crippen LogP contribution in [-0.2, 0) is 14.9 Å². The zero-order chi connectivity index (χ0) is 34.3. The molecule has 4 aromatic rings. The van der Waals surface area contributed by atoms with Gasteiger partial charge in [0.15, 0.2) is 0 Å². The summed E-state index contributed by atoms with van der Waals surface area (Å²) in [4.78, 5) is 48.4. The van der Waals surface area contributed by atoms with Crippen LogP contribution >= 0.6 is 0 Å². The number of hydrogen-bond donors (Lipinski definition) is 0. The van der Waals surface area contributed by atoms with Gasteiger partial charge in [0, 0.05) is 12.1 Å². The molecule has 0 heterocycles. The maximum Gasteiger partial charge on any atom is 0.514 e. The number of benzene rings is 4. The van der Waals surface area contributed by atoms with Crippen LogP contribution in [0.25, 0.3) is 11.1 Å². The normalized spacial score (nSPS) is 13.1. The molecule has 0 fully saturated rings. The first-order chi connectivity index (χ1) is 22.0. The van der Waals surface area contributed by atoms with Crippen LogP contribution in [0.4, 0.5) is 21.0 Å². The van der Waals surface area contributed by atoms with Crippen LogP contribution in [0, 0.1) is 20.2 Å². The molecule has 0 spiro atoms. The van der Waals surface area contributed by atoms with Crippen LogP contribution in [0.15, 0.2) is 84.9 Å². The molecule has 242 valence electrons. The number of carbonyl (C=O) groups excluding carboxylic acids is 2. The van der Waals surface area contributed by atoms with E-state index < -0.39 is 50.1 Å². The molecular formula is C35H32N2O10. The van der Waals surface area contributed by atoms with Gasteiger partial charge in [-0.1, -0.05) is 60.7 Å². The van der Waals surface area contributed by atoms with E-state index in [0.29, 0.717) is 22.3 Å². The number of ether oxygens (including phenoxy) is 4. The first kappa shape index (κ1) is 32.6. The molecule has 0 bridgehead atoms. The first-order valence-electron chi connectivity index (χ1n) is 14.6. The molecule has 1 aliphatic rings. The Balaban J connectivity index is 1.76. The highest BCUT2D eigenvalue weighted by Gasteiger charge is 2.47. The van der Waals surface area contributed by atoms with Crippen LogP contribution < -0.4 is 9.47 Å². The van der Waals surface area contributed by atoms with E-state index in [9.17, 15) is 29.8 Å². The van der Waals surface area contributed by atoms with Gasteiger partial charge in [-0.05, 0) is 87.1 Å². The molecule has 12 heteroatoms. The monoisotopic (exact) mass is 640 g/mol. The number of nitro groups is 2. The molecule has 5 rings (SSSR count). The first-order valence-corrected chi connectivity index (χ1v) is 14.6. The van der Waals surface area contributed by atoms with Gasteiger partial charge < -0.3 is 18.9 Å². The predicted molar refractivity (Wildman–Crippen MR) is 171 cm³/mol. The number of carbonyl (C=O) groups is 2. The summed E-state index contributed by atoms with van der Waals surface area (Å²) in [5.41, 5.74) is -0.393. The van der Waals surface area contributed by atoms with Crippen molar-refractivity contribution in [3.05, 3.63) is 127 Å². The number of fused-ring (bicyclic) bond motifs is 3. The summed E-state index contributed by atoms with van der Waals surface area (Å²) in [5, 5.41) is 24.8. The molecule has 0 aromatic heterocycles. The SMILES string of the molecule is CC(C)(C)OC(=O)Oc1ccc(C2(c3ccc(OC(=O)OC(C)(C)C)c([N+](=O)[O-])c3)c3ccccc3-c3ccccc32)cc1[N+](=O)[O-]. The molecule has 0 saturated heterocycles. The van der Waals surface area contributed by atoms with Crippen molar-refractivity contribution in [1.82, 2.24) is 0 Å². The highest BCUT2D eigenvalue weighted by molar-refractivity contribution is 5.87. The van der Waals surface area contributed by atoms with Crippen molar-refractivity contribution in [2.24, 2.45) is 0 Å². The lowest BCUT2D eigenvalue weighted by Gasteiger charge is -2.33. The minimum Gasteiger partial charge on any atom is -0.428 e. The van der Waals surface area contributed by atoms with Crippen molar-refractivity contribution < 1.29 is 38.4 Å². The van der Waals surface area contributed by atoms with Gasteiger partial charge in [-0.2, -0.15) is 0 Å². The Bertz CT molecular complexity index is 1780. The number of nitro benzene ring substituents is 2. The smallest absolute Gasteiger partial charge is 0.428 e. The van der Waals surface area contributed by atoms with Crippen LogP contribution in [0.5, 0.6) is 11.5 Å². The molecule has 0 radical (unpaired) electrons. The summed E-state index contributed by atoms with van der Waals surface area (Å²) in [6.45, 7) is 9.79. The Hall–Kier alpha value is -5.78. The quantitative estimate of drug-likeness (QED) is 0.0762. The molecule has 0 amide bonds. The zero-order valence-corrected chi connectivity index (χ0v) is 26.6. The van der Waals surface area contributed by atoms with Gasteiger partial charge in [0.05, 0.1) is 15.3 Å². The fraction of sp³-hybridized carbons (Fsp3) is 0.257. The Labute approximate surface area is 270 Å². The number of rotatable bonds is 6. The van der Waals surface area contributed by atoms with Crippen LogP contribution in [0.1, 0.15) is 63.8 Å². The summed E-state index contributed by atoms with van der Waals surface area (Å²) in [7, 11) is 0. The van der Waals surface area contributed by atoms with Crippen molar-refractivity contribution in [3.8, 4) is 22.6 Å².